The second kappa shape index (κ2) is 3.91. The van der Waals surface area contributed by atoms with Crippen molar-refractivity contribution in [1.29, 1.82) is 0 Å². The molecule has 0 aliphatic heterocycles. The normalized spacial score (nSPS) is 12.5. The Morgan fingerprint density at radius 1 is 1.55 bits per heavy atom. The minimum Gasteiger partial charge on any atom is -0.265 e. The van der Waals surface area contributed by atoms with Crippen LogP contribution in [0.5, 0.6) is 0 Å². The van der Waals surface area contributed by atoms with Gasteiger partial charge in [0.25, 0.3) is 0 Å². The first-order valence-corrected chi connectivity index (χ1v) is 3.91. The van der Waals surface area contributed by atoms with Crippen molar-refractivity contribution in [2.75, 3.05) is 0 Å². The zero-order valence-corrected chi connectivity index (χ0v) is 6.83. The summed E-state index contributed by atoms with van der Waals surface area (Å²) in [6, 6.07) is 4.08. The fraction of sp³-hybridized carbons (Fsp3) is 0.300. The molecule has 0 aliphatic rings. The summed E-state index contributed by atoms with van der Waals surface area (Å²) in [7, 11) is 0. The van der Waals surface area contributed by atoms with Gasteiger partial charge in [-0.3, -0.25) is 4.98 Å². The van der Waals surface area contributed by atoms with Crippen LogP contribution in [0.3, 0.4) is 0 Å². The van der Waals surface area contributed by atoms with Crippen LogP contribution in [0.1, 0.15) is 24.8 Å². The van der Waals surface area contributed by atoms with Gasteiger partial charge in [-0.05, 0) is 24.1 Å². The second-order valence-corrected chi connectivity index (χ2v) is 2.53. The molecule has 0 saturated carbocycles. The highest BCUT2D eigenvalue weighted by Crippen LogP contribution is 2.18. The maximum Gasteiger partial charge on any atom is 0.0270 e. The summed E-state index contributed by atoms with van der Waals surface area (Å²) in [6.45, 7) is 5.95. The molecule has 0 amide bonds. The van der Waals surface area contributed by atoms with Gasteiger partial charge >= 0.3 is 0 Å². The fourth-order valence-corrected chi connectivity index (χ4v) is 1.15. The van der Waals surface area contributed by atoms with Gasteiger partial charge in [-0.2, -0.15) is 0 Å². The molecule has 0 radical (unpaired) electrons. The largest absolute Gasteiger partial charge is 0.265 e. The van der Waals surface area contributed by atoms with Crippen LogP contribution < -0.4 is 0 Å². The highest BCUT2D eigenvalue weighted by molar-refractivity contribution is 5.19. The van der Waals surface area contributed by atoms with Gasteiger partial charge in [0.05, 0.1) is 0 Å². The number of rotatable bonds is 3. The third kappa shape index (κ3) is 1.90. The molecule has 1 aromatic heterocycles. The maximum absolute atomic E-state index is 3.96. The molecule has 0 N–H and O–H groups in total. The second-order valence-electron chi connectivity index (χ2n) is 2.53. The average Bonchev–Trinajstić information content (AvgIpc) is 2.09. The molecule has 0 aliphatic carbocycles. The van der Waals surface area contributed by atoms with E-state index >= 15 is 0 Å². The lowest BCUT2D eigenvalue weighted by molar-refractivity contribution is 0.805. The molecule has 0 spiro atoms. The molecule has 1 atom stereocenters. The number of pyridine rings is 1. The molecule has 1 unspecified atom stereocenters. The fourth-order valence-electron chi connectivity index (χ4n) is 1.15. The first kappa shape index (κ1) is 7.99. The smallest absolute Gasteiger partial charge is 0.0270 e. The molecule has 0 fully saturated rings. The summed E-state index contributed by atoms with van der Waals surface area (Å²) in [5.74, 6) is 0.484. The van der Waals surface area contributed by atoms with E-state index < -0.39 is 0 Å². The van der Waals surface area contributed by atoms with E-state index in [0.717, 1.165) is 6.42 Å². The van der Waals surface area contributed by atoms with E-state index in [-0.39, 0.29) is 0 Å². The Bertz CT molecular complexity index is 216. The van der Waals surface area contributed by atoms with Crippen LogP contribution in [-0.2, 0) is 0 Å². The third-order valence-electron chi connectivity index (χ3n) is 1.86. The summed E-state index contributed by atoms with van der Waals surface area (Å²) in [5, 5.41) is 0. The van der Waals surface area contributed by atoms with Crippen LogP contribution in [0.25, 0.3) is 0 Å². The minimum atomic E-state index is 0.484. The van der Waals surface area contributed by atoms with Crippen molar-refractivity contribution < 1.29 is 0 Å². The van der Waals surface area contributed by atoms with Crippen molar-refractivity contribution in [3.63, 3.8) is 0 Å². The average molecular weight is 147 g/mol. The molecule has 58 valence electrons. The quantitative estimate of drug-likeness (QED) is 0.599. The van der Waals surface area contributed by atoms with Crippen LogP contribution in [0.15, 0.2) is 37.2 Å². The van der Waals surface area contributed by atoms with E-state index in [9.17, 15) is 0 Å². The van der Waals surface area contributed by atoms with Crippen molar-refractivity contribution in [3.05, 3.63) is 42.7 Å². The number of hydrogen-bond acceptors (Lipinski definition) is 1. The van der Waals surface area contributed by atoms with Gasteiger partial charge in [0, 0.05) is 18.3 Å². The van der Waals surface area contributed by atoms with Gasteiger partial charge in [-0.15, -0.1) is 6.58 Å². The third-order valence-corrected chi connectivity index (χ3v) is 1.86. The monoisotopic (exact) mass is 147 g/mol. The van der Waals surface area contributed by atoms with Crippen LogP contribution in [0.4, 0.5) is 0 Å². The Hall–Kier alpha value is -1.11. The van der Waals surface area contributed by atoms with Crippen molar-refractivity contribution >= 4 is 0 Å². The number of nitrogens with zero attached hydrogens (tertiary/aromatic N) is 1. The van der Waals surface area contributed by atoms with E-state index in [2.05, 4.69) is 18.5 Å². The standard InChI is InChI=1S/C10H13N/c1-3-9(4-2)10-5-7-11-8-6-10/h3,5-9H,1,4H2,2H3. The van der Waals surface area contributed by atoms with Crippen LogP contribution in [0.2, 0.25) is 0 Å². The SMILES string of the molecule is C=CC(CC)c1ccncc1. The molecule has 0 bridgehead atoms. The lowest BCUT2D eigenvalue weighted by atomic mass is 9.98. The van der Waals surface area contributed by atoms with Gasteiger partial charge < -0.3 is 0 Å². The van der Waals surface area contributed by atoms with E-state index in [1.165, 1.54) is 5.56 Å². The van der Waals surface area contributed by atoms with Gasteiger partial charge in [0.2, 0.25) is 0 Å². The van der Waals surface area contributed by atoms with Crippen molar-refractivity contribution in [2.24, 2.45) is 0 Å². The number of hydrogen-bond donors (Lipinski definition) is 0. The van der Waals surface area contributed by atoms with Crippen molar-refractivity contribution in [2.45, 2.75) is 19.3 Å². The first-order chi connectivity index (χ1) is 5.38. The highest BCUT2D eigenvalue weighted by atomic mass is 14.6. The van der Waals surface area contributed by atoms with Gasteiger partial charge in [-0.1, -0.05) is 13.0 Å². The Morgan fingerprint density at radius 2 is 2.18 bits per heavy atom. The zero-order chi connectivity index (χ0) is 8.10. The summed E-state index contributed by atoms with van der Waals surface area (Å²) in [4.78, 5) is 3.96. The Kier molecular flexibility index (Phi) is 2.84. The van der Waals surface area contributed by atoms with Gasteiger partial charge in [0.1, 0.15) is 0 Å². The molecule has 11 heavy (non-hydrogen) atoms. The summed E-state index contributed by atoms with van der Waals surface area (Å²) in [5.41, 5.74) is 1.30. The molecule has 0 saturated heterocycles. The molecule has 1 heteroatoms. The molecular formula is C10H13N. The minimum absolute atomic E-state index is 0.484. The van der Waals surface area contributed by atoms with Gasteiger partial charge in [0.15, 0.2) is 0 Å². The molecule has 0 aromatic carbocycles. The van der Waals surface area contributed by atoms with Crippen LogP contribution in [0, 0.1) is 0 Å². The van der Waals surface area contributed by atoms with E-state index in [1.807, 2.05) is 30.6 Å². The number of aromatic nitrogens is 1. The number of allylic oxidation sites excluding steroid dienone is 1. The summed E-state index contributed by atoms with van der Waals surface area (Å²) in [6.07, 6.45) is 6.73. The van der Waals surface area contributed by atoms with Gasteiger partial charge in [-0.25, -0.2) is 0 Å². The molecular weight excluding hydrogens is 134 g/mol. The topological polar surface area (TPSA) is 12.9 Å². The Balaban J connectivity index is 2.82. The molecule has 1 nitrogen and oxygen atoms in total. The Labute approximate surface area is 67.8 Å². The molecule has 1 heterocycles. The highest BCUT2D eigenvalue weighted by Gasteiger charge is 2.01. The first-order valence-electron chi connectivity index (χ1n) is 3.91. The Morgan fingerprint density at radius 3 is 2.64 bits per heavy atom. The van der Waals surface area contributed by atoms with Crippen molar-refractivity contribution in [1.82, 2.24) is 4.98 Å². The molecule has 1 aromatic rings. The van der Waals surface area contributed by atoms with Crippen LogP contribution in [-0.4, -0.2) is 4.98 Å². The van der Waals surface area contributed by atoms with E-state index in [0.29, 0.717) is 5.92 Å². The van der Waals surface area contributed by atoms with Crippen molar-refractivity contribution in [3.8, 4) is 0 Å². The lowest BCUT2D eigenvalue weighted by Crippen LogP contribution is -1.91. The maximum atomic E-state index is 3.96. The predicted octanol–water partition coefficient (Wildman–Crippen LogP) is 2.76. The molecule has 1 rings (SSSR count). The van der Waals surface area contributed by atoms with E-state index in [4.69, 9.17) is 0 Å². The summed E-state index contributed by atoms with van der Waals surface area (Å²) >= 11 is 0. The summed E-state index contributed by atoms with van der Waals surface area (Å²) < 4.78 is 0. The van der Waals surface area contributed by atoms with E-state index in [1.54, 1.807) is 0 Å². The lowest BCUT2D eigenvalue weighted by Gasteiger charge is -2.07. The predicted molar refractivity (Wildman–Crippen MR) is 47.5 cm³/mol. The zero-order valence-electron chi connectivity index (χ0n) is 6.83. The van der Waals surface area contributed by atoms with Crippen LogP contribution >= 0.6 is 0 Å².